The van der Waals surface area contributed by atoms with Gasteiger partial charge in [0.25, 0.3) is 0 Å². The van der Waals surface area contributed by atoms with Crippen molar-refractivity contribution in [2.75, 3.05) is 25.6 Å². The maximum absolute atomic E-state index is 13.4. The van der Waals surface area contributed by atoms with Crippen molar-refractivity contribution < 1.29 is 13.9 Å². The van der Waals surface area contributed by atoms with Crippen LogP contribution in [0.5, 0.6) is 5.75 Å². The van der Waals surface area contributed by atoms with E-state index < -0.39 is 0 Å². The molecule has 5 nitrogen and oxygen atoms in total. The van der Waals surface area contributed by atoms with Gasteiger partial charge in [0, 0.05) is 7.11 Å². The molecule has 0 aliphatic carbocycles. The van der Waals surface area contributed by atoms with Crippen LogP contribution in [0.25, 0.3) is 0 Å². The van der Waals surface area contributed by atoms with Gasteiger partial charge >= 0.3 is 0 Å². The molecule has 0 fully saturated rings. The lowest BCUT2D eigenvalue weighted by atomic mass is 10.3. The summed E-state index contributed by atoms with van der Waals surface area (Å²) in [6.45, 7) is 0.926. The predicted octanol–water partition coefficient (Wildman–Crippen LogP) is 2.38. The van der Waals surface area contributed by atoms with Gasteiger partial charge in [-0.1, -0.05) is 12.1 Å². The number of halogens is 1. The molecule has 19 heavy (non-hydrogen) atoms. The first-order chi connectivity index (χ1) is 9.29. The standard InChI is InChI=1S/C13H14FN3O2/c1-18-6-7-19-10-8-15-13(16-9-10)17-12-5-3-2-4-11(12)14/h2-5,8-9H,6-7H2,1H3,(H,15,16,17). The molecule has 2 rings (SSSR count). The van der Waals surface area contributed by atoms with E-state index in [2.05, 4.69) is 15.3 Å². The molecule has 1 aromatic heterocycles. The summed E-state index contributed by atoms with van der Waals surface area (Å²) in [7, 11) is 1.60. The number of hydrogen-bond acceptors (Lipinski definition) is 5. The van der Waals surface area contributed by atoms with E-state index in [4.69, 9.17) is 9.47 Å². The lowest BCUT2D eigenvalue weighted by molar-refractivity contribution is 0.146. The van der Waals surface area contributed by atoms with Crippen LogP contribution in [0.3, 0.4) is 0 Å². The van der Waals surface area contributed by atoms with Crippen molar-refractivity contribution in [3.63, 3.8) is 0 Å². The van der Waals surface area contributed by atoms with Gasteiger partial charge < -0.3 is 14.8 Å². The molecule has 0 amide bonds. The summed E-state index contributed by atoms with van der Waals surface area (Å²) in [5.74, 6) is 0.492. The van der Waals surface area contributed by atoms with E-state index in [1.54, 1.807) is 25.3 Å². The first kappa shape index (κ1) is 13.2. The highest BCUT2D eigenvalue weighted by Crippen LogP contribution is 2.17. The zero-order valence-electron chi connectivity index (χ0n) is 10.5. The van der Waals surface area contributed by atoms with Crippen molar-refractivity contribution in [2.24, 2.45) is 0 Å². The van der Waals surface area contributed by atoms with E-state index in [1.165, 1.54) is 18.5 Å². The molecule has 1 N–H and O–H groups in total. The number of methoxy groups -OCH3 is 1. The van der Waals surface area contributed by atoms with Crippen molar-refractivity contribution in [3.8, 4) is 5.75 Å². The number of nitrogens with zero attached hydrogens (tertiary/aromatic N) is 2. The average molecular weight is 263 g/mol. The molecule has 0 bridgehead atoms. The fourth-order valence-electron chi connectivity index (χ4n) is 1.38. The first-order valence-corrected chi connectivity index (χ1v) is 5.75. The number of nitrogens with one attached hydrogen (secondary N) is 1. The van der Waals surface area contributed by atoms with Crippen LogP contribution >= 0.6 is 0 Å². The normalized spacial score (nSPS) is 10.2. The molecule has 0 radical (unpaired) electrons. The van der Waals surface area contributed by atoms with Crippen LogP contribution in [0.15, 0.2) is 36.7 Å². The number of para-hydroxylation sites is 1. The Kier molecular flexibility index (Phi) is 4.63. The smallest absolute Gasteiger partial charge is 0.227 e. The Labute approximate surface area is 110 Å². The van der Waals surface area contributed by atoms with Gasteiger partial charge in [-0.15, -0.1) is 0 Å². The minimum atomic E-state index is -0.355. The predicted molar refractivity (Wildman–Crippen MR) is 69.1 cm³/mol. The zero-order valence-corrected chi connectivity index (χ0v) is 10.5. The highest BCUT2D eigenvalue weighted by Gasteiger charge is 2.03. The van der Waals surface area contributed by atoms with Crippen LogP contribution < -0.4 is 10.1 Å². The monoisotopic (exact) mass is 263 g/mol. The Morgan fingerprint density at radius 2 is 1.89 bits per heavy atom. The second kappa shape index (κ2) is 6.65. The molecule has 0 aliphatic heterocycles. The fraction of sp³-hybridized carbons (Fsp3) is 0.231. The molecular formula is C13H14FN3O2. The van der Waals surface area contributed by atoms with E-state index in [0.29, 0.717) is 30.6 Å². The van der Waals surface area contributed by atoms with Crippen molar-refractivity contribution in [1.29, 1.82) is 0 Å². The van der Waals surface area contributed by atoms with Gasteiger partial charge in [0.15, 0.2) is 5.75 Å². The summed E-state index contributed by atoms with van der Waals surface area (Å²) in [5, 5.41) is 2.79. The molecular weight excluding hydrogens is 249 g/mol. The van der Waals surface area contributed by atoms with Crippen LogP contribution in [0.1, 0.15) is 0 Å². The highest BCUT2D eigenvalue weighted by molar-refractivity contribution is 5.53. The summed E-state index contributed by atoms with van der Waals surface area (Å²) in [6.07, 6.45) is 3.04. The maximum Gasteiger partial charge on any atom is 0.227 e. The minimum absolute atomic E-state index is 0.309. The van der Waals surface area contributed by atoms with Crippen LogP contribution in [-0.4, -0.2) is 30.3 Å². The highest BCUT2D eigenvalue weighted by atomic mass is 19.1. The Hall–Kier alpha value is -2.21. The Morgan fingerprint density at radius 3 is 2.58 bits per heavy atom. The second-order valence-corrected chi connectivity index (χ2v) is 3.69. The second-order valence-electron chi connectivity index (χ2n) is 3.69. The Bertz CT molecular complexity index is 520. The maximum atomic E-state index is 13.4. The van der Waals surface area contributed by atoms with Crippen molar-refractivity contribution in [3.05, 3.63) is 42.5 Å². The number of hydrogen-bond donors (Lipinski definition) is 1. The summed E-state index contributed by atoms with van der Waals surface area (Å²) in [5.41, 5.74) is 0.329. The van der Waals surface area contributed by atoms with Crippen molar-refractivity contribution >= 4 is 11.6 Å². The van der Waals surface area contributed by atoms with Crippen molar-refractivity contribution in [1.82, 2.24) is 9.97 Å². The van der Waals surface area contributed by atoms with E-state index in [1.807, 2.05) is 0 Å². The molecule has 0 saturated heterocycles. The quantitative estimate of drug-likeness (QED) is 0.811. The van der Waals surface area contributed by atoms with Crippen molar-refractivity contribution in [2.45, 2.75) is 0 Å². The third kappa shape index (κ3) is 3.89. The van der Waals surface area contributed by atoms with E-state index in [9.17, 15) is 4.39 Å². The molecule has 0 saturated carbocycles. The summed E-state index contributed by atoms with van der Waals surface area (Å²) in [4.78, 5) is 8.08. The van der Waals surface area contributed by atoms with Crippen LogP contribution in [0.4, 0.5) is 16.0 Å². The summed E-state index contributed by atoms with van der Waals surface area (Å²) < 4.78 is 23.6. The lowest BCUT2D eigenvalue weighted by Crippen LogP contribution is -2.05. The van der Waals surface area contributed by atoms with Crippen LogP contribution in [0.2, 0.25) is 0 Å². The molecule has 6 heteroatoms. The lowest BCUT2D eigenvalue weighted by Gasteiger charge is -2.07. The average Bonchev–Trinajstić information content (AvgIpc) is 2.44. The molecule has 1 aromatic carbocycles. The fourth-order valence-corrected chi connectivity index (χ4v) is 1.38. The van der Waals surface area contributed by atoms with Gasteiger partial charge in [-0.2, -0.15) is 0 Å². The third-order valence-corrected chi connectivity index (χ3v) is 2.30. The molecule has 0 atom stereocenters. The van der Waals surface area contributed by atoms with Gasteiger partial charge in [0.2, 0.25) is 5.95 Å². The van der Waals surface area contributed by atoms with Crippen LogP contribution in [-0.2, 0) is 4.74 Å². The van der Waals surface area contributed by atoms with Crippen LogP contribution in [0, 0.1) is 5.82 Å². The molecule has 1 heterocycles. The van der Waals surface area contributed by atoms with Gasteiger partial charge in [0.05, 0.1) is 24.7 Å². The van der Waals surface area contributed by atoms with Gasteiger partial charge in [-0.05, 0) is 12.1 Å². The van der Waals surface area contributed by atoms with Gasteiger partial charge in [-0.3, -0.25) is 0 Å². The topological polar surface area (TPSA) is 56.3 Å². The summed E-state index contributed by atoms with van der Waals surface area (Å²) >= 11 is 0. The van der Waals surface area contributed by atoms with Gasteiger partial charge in [-0.25, -0.2) is 14.4 Å². The summed E-state index contributed by atoms with van der Waals surface area (Å²) in [6, 6.07) is 6.33. The number of aromatic nitrogens is 2. The first-order valence-electron chi connectivity index (χ1n) is 5.75. The number of benzene rings is 1. The molecule has 2 aromatic rings. The molecule has 100 valence electrons. The largest absolute Gasteiger partial charge is 0.488 e. The van der Waals surface area contributed by atoms with E-state index >= 15 is 0 Å². The Balaban J connectivity index is 1.97. The molecule has 0 unspecified atom stereocenters. The van der Waals surface area contributed by atoms with E-state index in [0.717, 1.165) is 0 Å². The van der Waals surface area contributed by atoms with Gasteiger partial charge in [0.1, 0.15) is 12.4 Å². The van der Waals surface area contributed by atoms with E-state index in [-0.39, 0.29) is 5.82 Å². The SMILES string of the molecule is COCCOc1cnc(Nc2ccccc2F)nc1. The minimum Gasteiger partial charge on any atom is -0.488 e. The third-order valence-electron chi connectivity index (χ3n) is 2.30. The Morgan fingerprint density at radius 1 is 1.16 bits per heavy atom. The number of anilines is 2. The number of rotatable bonds is 6. The zero-order chi connectivity index (χ0) is 13.5. The number of ether oxygens (including phenoxy) is 2. The molecule has 0 spiro atoms. The molecule has 0 aliphatic rings.